The maximum Gasteiger partial charge on any atom is 0.260 e. The van der Waals surface area contributed by atoms with Crippen molar-refractivity contribution in [2.45, 2.75) is 75.6 Å². The number of hydrogen-bond acceptors (Lipinski definition) is 6. The van der Waals surface area contributed by atoms with Crippen molar-refractivity contribution in [3.63, 3.8) is 0 Å². The van der Waals surface area contributed by atoms with E-state index in [0.29, 0.717) is 31.7 Å². The van der Waals surface area contributed by atoms with Gasteiger partial charge in [0.05, 0.1) is 13.2 Å². The van der Waals surface area contributed by atoms with Crippen molar-refractivity contribution < 1.29 is 23.9 Å². The molecule has 3 fully saturated rings. The maximum absolute atomic E-state index is 13.1. The zero-order chi connectivity index (χ0) is 29.1. The molecule has 1 unspecified atom stereocenters. The number of aryl methyl sites for hydroxylation is 1. The molecule has 2 aromatic rings. The van der Waals surface area contributed by atoms with Gasteiger partial charge in [0.15, 0.2) is 0 Å². The molecule has 0 aliphatic carbocycles. The highest BCUT2D eigenvalue weighted by molar-refractivity contribution is 6.05. The fraction of sp³-hybridized carbons (Fsp3) is 0.515. The van der Waals surface area contributed by atoms with E-state index in [1.54, 1.807) is 4.90 Å². The van der Waals surface area contributed by atoms with E-state index in [1.807, 2.05) is 24.3 Å². The van der Waals surface area contributed by atoms with Gasteiger partial charge < -0.3 is 24.1 Å². The summed E-state index contributed by atoms with van der Waals surface area (Å²) in [6, 6.07) is 13.4. The van der Waals surface area contributed by atoms with Gasteiger partial charge in [-0.3, -0.25) is 19.7 Å². The van der Waals surface area contributed by atoms with Crippen LogP contribution in [-0.2, 0) is 32.8 Å². The Morgan fingerprint density at radius 1 is 1.02 bits per heavy atom. The van der Waals surface area contributed by atoms with Crippen LogP contribution in [-0.4, -0.2) is 72.5 Å². The lowest BCUT2D eigenvalue weighted by Crippen LogP contribution is -2.52. The maximum atomic E-state index is 13.1. The van der Waals surface area contributed by atoms with Gasteiger partial charge in [0.1, 0.15) is 17.9 Å². The normalized spacial score (nSPS) is 22.3. The van der Waals surface area contributed by atoms with E-state index in [9.17, 15) is 14.4 Å². The summed E-state index contributed by atoms with van der Waals surface area (Å²) in [5.41, 5.74) is 3.51. The monoisotopic (exact) mass is 570 g/mol. The summed E-state index contributed by atoms with van der Waals surface area (Å²) in [6.07, 6.45) is 6.57. The average Bonchev–Trinajstić information content (AvgIpc) is 3.32. The first-order valence-corrected chi connectivity index (χ1v) is 15.2. The Labute approximate surface area is 247 Å². The SMILES string of the molecule is [C-]#[N+]C1(c2ccc(OC3COC3)cc2)CCN(CCCCCc2cccc3c2CN(C2CCC(=O)NC2=O)C3=O)CC1. The minimum atomic E-state index is -0.581. The topological polar surface area (TPSA) is 92.5 Å². The molecule has 4 aliphatic heterocycles. The number of piperidine rings is 2. The van der Waals surface area contributed by atoms with E-state index in [4.69, 9.17) is 16.0 Å². The molecule has 1 N–H and O–H groups in total. The van der Waals surface area contributed by atoms with Gasteiger partial charge in [0.2, 0.25) is 11.8 Å². The van der Waals surface area contributed by atoms with E-state index in [0.717, 1.165) is 75.0 Å². The van der Waals surface area contributed by atoms with Crippen molar-refractivity contribution in [2.24, 2.45) is 0 Å². The number of nitrogens with zero attached hydrogens (tertiary/aromatic N) is 3. The van der Waals surface area contributed by atoms with Crippen molar-refractivity contribution in [3.05, 3.63) is 76.1 Å². The van der Waals surface area contributed by atoms with Gasteiger partial charge in [-0.15, -0.1) is 0 Å². The molecule has 4 heterocycles. The molecule has 220 valence electrons. The molecule has 6 rings (SSSR count). The quantitative estimate of drug-likeness (QED) is 0.265. The predicted molar refractivity (Wildman–Crippen MR) is 156 cm³/mol. The molecule has 9 heteroatoms. The van der Waals surface area contributed by atoms with Gasteiger partial charge in [0, 0.05) is 50.0 Å². The molecule has 2 aromatic carbocycles. The van der Waals surface area contributed by atoms with Crippen LogP contribution in [0.4, 0.5) is 0 Å². The summed E-state index contributed by atoms with van der Waals surface area (Å²) >= 11 is 0. The zero-order valence-electron chi connectivity index (χ0n) is 24.0. The first-order valence-electron chi connectivity index (χ1n) is 15.2. The number of fused-ring (bicyclic) bond motifs is 1. The third kappa shape index (κ3) is 5.79. The molecule has 0 radical (unpaired) electrons. The second-order valence-electron chi connectivity index (χ2n) is 11.9. The number of amides is 3. The lowest BCUT2D eigenvalue weighted by Gasteiger charge is -2.34. The van der Waals surface area contributed by atoms with Crippen molar-refractivity contribution >= 4 is 17.7 Å². The van der Waals surface area contributed by atoms with Gasteiger partial charge in [0.25, 0.3) is 11.4 Å². The molecule has 0 spiro atoms. The second kappa shape index (κ2) is 12.2. The van der Waals surface area contributed by atoms with Crippen molar-refractivity contribution in [1.29, 1.82) is 0 Å². The Kier molecular flexibility index (Phi) is 8.27. The predicted octanol–water partition coefficient (Wildman–Crippen LogP) is 3.85. The van der Waals surface area contributed by atoms with Crippen LogP contribution in [0, 0.1) is 6.57 Å². The van der Waals surface area contributed by atoms with Gasteiger partial charge in [-0.25, -0.2) is 6.57 Å². The highest BCUT2D eigenvalue weighted by Gasteiger charge is 2.42. The fourth-order valence-electron chi connectivity index (χ4n) is 6.64. The smallest absolute Gasteiger partial charge is 0.260 e. The summed E-state index contributed by atoms with van der Waals surface area (Å²) in [5.74, 6) is 0.0775. The van der Waals surface area contributed by atoms with E-state index in [2.05, 4.69) is 33.3 Å². The van der Waals surface area contributed by atoms with E-state index >= 15 is 0 Å². The molecule has 0 saturated carbocycles. The van der Waals surface area contributed by atoms with Crippen molar-refractivity contribution in [2.75, 3.05) is 32.8 Å². The first kappa shape index (κ1) is 28.4. The molecule has 0 aromatic heterocycles. The molecule has 3 saturated heterocycles. The van der Waals surface area contributed by atoms with Crippen LogP contribution < -0.4 is 10.1 Å². The molecule has 4 aliphatic rings. The highest BCUT2D eigenvalue weighted by atomic mass is 16.6. The van der Waals surface area contributed by atoms with Crippen LogP contribution in [0.5, 0.6) is 5.75 Å². The number of imide groups is 1. The summed E-state index contributed by atoms with van der Waals surface area (Å²) < 4.78 is 11.1. The molecule has 0 bridgehead atoms. The Morgan fingerprint density at radius 2 is 1.81 bits per heavy atom. The number of nitrogens with one attached hydrogen (secondary N) is 1. The largest absolute Gasteiger partial charge is 0.486 e. The molecular weight excluding hydrogens is 532 g/mol. The van der Waals surface area contributed by atoms with Crippen LogP contribution in [0.15, 0.2) is 42.5 Å². The van der Waals surface area contributed by atoms with Gasteiger partial charge >= 0.3 is 0 Å². The number of hydrogen-bond donors (Lipinski definition) is 1. The lowest BCUT2D eigenvalue weighted by atomic mass is 9.81. The van der Waals surface area contributed by atoms with Crippen LogP contribution >= 0.6 is 0 Å². The van der Waals surface area contributed by atoms with E-state index in [1.165, 1.54) is 5.56 Å². The molecule has 3 amide bonds. The Morgan fingerprint density at radius 3 is 2.50 bits per heavy atom. The number of carbonyl (C=O) groups is 3. The third-order valence-corrected chi connectivity index (χ3v) is 9.30. The molecular formula is C33H38N4O5. The average molecular weight is 571 g/mol. The highest BCUT2D eigenvalue weighted by Crippen LogP contribution is 2.38. The Bertz CT molecular complexity index is 1370. The number of unbranched alkanes of at least 4 members (excludes halogenated alkanes) is 2. The molecule has 42 heavy (non-hydrogen) atoms. The van der Waals surface area contributed by atoms with Crippen LogP contribution in [0.3, 0.4) is 0 Å². The molecule has 1 atom stereocenters. The number of ether oxygens (including phenoxy) is 2. The van der Waals surface area contributed by atoms with Crippen LogP contribution in [0.2, 0.25) is 0 Å². The van der Waals surface area contributed by atoms with Gasteiger partial charge in [-0.05, 0) is 73.7 Å². The second-order valence-corrected chi connectivity index (χ2v) is 11.9. The van der Waals surface area contributed by atoms with E-state index in [-0.39, 0.29) is 30.2 Å². The lowest BCUT2D eigenvalue weighted by molar-refractivity contribution is -0.136. The number of benzene rings is 2. The first-order chi connectivity index (χ1) is 20.5. The summed E-state index contributed by atoms with van der Waals surface area (Å²) in [4.78, 5) is 45.2. The van der Waals surface area contributed by atoms with Gasteiger partial charge in [-0.1, -0.05) is 18.6 Å². The Hall–Kier alpha value is -3.74. The summed E-state index contributed by atoms with van der Waals surface area (Å²) in [5, 5.41) is 2.37. The summed E-state index contributed by atoms with van der Waals surface area (Å²) in [6.45, 7) is 12.6. The fourth-order valence-corrected chi connectivity index (χ4v) is 6.64. The number of carbonyl (C=O) groups excluding carboxylic acids is 3. The standard InChI is InChI=1S/C33H38N4O5/c1-34-33(24-9-11-25(12-10-24)42-26-21-41-22-26)15-18-36(19-16-33)17-4-2-3-6-23-7-5-8-27-28(23)20-37(32(27)40)29-13-14-30(38)35-31(29)39/h5,7-12,26,29H,2-4,6,13-22H2,(H,35,38,39). The minimum Gasteiger partial charge on any atom is -0.486 e. The third-order valence-electron chi connectivity index (χ3n) is 9.30. The number of likely N-dealkylation sites (tertiary alicyclic amines) is 1. The van der Waals surface area contributed by atoms with Crippen molar-refractivity contribution in [3.8, 4) is 5.75 Å². The van der Waals surface area contributed by atoms with Gasteiger partial charge in [-0.2, -0.15) is 0 Å². The van der Waals surface area contributed by atoms with Crippen LogP contribution in [0.25, 0.3) is 4.85 Å². The Balaban J connectivity index is 0.950. The van der Waals surface area contributed by atoms with Crippen LogP contribution in [0.1, 0.15) is 72.0 Å². The molecule has 9 nitrogen and oxygen atoms in total. The number of rotatable bonds is 10. The zero-order valence-corrected chi connectivity index (χ0v) is 24.0. The summed E-state index contributed by atoms with van der Waals surface area (Å²) in [7, 11) is 0. The van der Waals surface area contributed by atoms with Crippen molar-refractivity contribution in [1.82, 2.24) is 15.1 Å². The minimum absolute atomic E-state index is 0.116. The van der Waals surface area contributed by atoms with E-state index < -0.39 is 11.6 Å².